The maximum Gasteiger partial charge on any atom is 0.317 e. The van der Waals surface area contributed by atoms with Crippen LogP contribution in [0.3, 0.4) is 0 Å². The van der Waals surface area contributed by atoms with Crippen molar-refractivity contribution in [1.82, 2.24) is 9.97 Å². The molecule has 0 unspecified atom stereocenters. The molecule has 0 spiro atoms. The molecule has 3 N–H and O–H groups in total. The number of benzene rings is 3. The highest BCUT2D eigenvalue weighted by Crippen LogP contribution is 2.41. The van der Waals surface area contributed by atoms with E-state index in [1.165, 1.54) is 39.5 Å². The number of hydrogen-bond donors (Lipinski definition) is 3. The Morgan fingerprint density at radius 1 is 0.833 bits per heavy atom. The van der Waals surface area contributed by atoms with Gasteiger partial charge in [-0.15, -0.1) is 0 Å². The van der Waals surface area contributed by atoms with Gasteiger partial charge in [0, 0.05) is 30.0 Å². The van der Waals surface area contributed by atoms with Gasteiger partial charge in [-0.05, 0) is 18.2 Å². The van der Waals surface area contributed by atoms with Crippen molar-refractivity contribution in [2.24, 2.45) is 0 Å². The minimum absolute atomic E-state index is 0.0929. The molecule has 1 heterocycles. The van der Waals surface area contributed by atoms with Crippen LogP contribution in [0.5, 0.6) is 17.2 Å². The third-order valence-corrected chi connectivity index (χ3v) is 6.41. The Morgan fingerprint density at radius 2 is 1.44 bits per heavy atom. The number of ether oxygens (including phenoxy) is 3. The lowest BCUT2D eigenvalue weighted by molar-refractivity contribution is -0.729. The summed E-state index contributed by atoms with van der Waals surface area (Å²) in [6.45, 7) is 0. The van der Waals surface area contributed by atoms with Gasteiger partial charge >= 0.3 is 5.69 Å². The predicted molar refractivity (Wildman–Crippen MR) is 131 cm³/mol. The van der Waals surface area contributed by atoms with Gasteiger partial charge in [0.2, 0.25) is 5.75 Å². The molecule has 1 aromatic heterocycles. The zero-order valence-electron chi connectivity index (χ0n) is 19.4. The summed E-state index contributed by atoms with van der Waals surface area (Å²) in [7, 11) is 0.196. The molecule has 0 amide bonds. The highest BCUT2D eigenvalue weighted by molar-refractivity contribution is 7.92. The van der Waals surface area contributed by atoms with Crippen LogP contribution in [0, 0.1) is 4.91 Å². The molecule has 36 heavy (non-hydrogen) atoms. The van der Waals surface area contributed by atoms with Gasteiger partial charge in [0.25, 0.3) is 14.9 Å². The van der Waals surface area contributed by atoms with Crippen molar-refractivity contribution in [2.45, 2.75) is 4.90 Å². The summed E-state index contributed by atoms with van der Waals surface area (Å²) in [6, 6.07) is 15.1. The molecule has 0 saturated heterocycles. The number of sulfonamides is 1. The molecule has 0 fully saturated rings. The summed E-state index contributed by atoms with van der Waals surface area (Å²) in [5.74, 6) is 1.12. The number of rotatable bonds is 9. The second kappa shape index (κ2) is 9.92. The molecular weight excluding hydrogens is 490 g/mol. The van der Waals surface area contributed by atoms with Crippen molar-refractivity contribution < 1.29 is 32.8 Å². The number of para-hydroxylation sites is 2. The average Bonchev–Trinajstić information content (AvgIpc) is 2.88. The number of nitrogens with one attached hydrogen (secondary N) is 2. The van der Waals surface area contributed by atoms with Gasteiger partial charge in [0.05, 0.1) is 42.2 Å². The summed E-state index contributed by atoms with van der Waals surface area (Å²) in [5, 5.41) is 12.2. The zero-order valence-corrected chi connectivity index (χ0v) is 20.2. The zero-order chi connectivity index (χ0) is 25.9. The van der Waals surface area contributed by atoms with Gasteiger partial charge in [-0.1, -0.05) is 18.2 Å². The molecule has 0 bridgehead atoms. The Hall–Kier alpha value is -4.65. The molecule has 0 aliphatic heterocycles. The molecule has 0 saturated carbocycles. The maximum absolute atomic E-state index is 13.1. The summed E-state index contributed by atoms with van der Waals surface area (Å²) >= 11 is 0. The number of anilines is 3. The average molecular weight is 513 g/mol. The van der Waals surface area contributed by atoms with E-state index in [4.69, 9.17) is 19.4 Å². The molecule has 4 aromatic rings. The first-order chi connectivity index (χ1) is 17.2. The molecule has 4 rings (SSSR count). The van der Waals surface area contributed by atoms with Crippen LogP contribution in [0.4, 0.5) is 23.0 Å². The highest BCUT2D eigenvalue weighted by Gasteiger charge is 2.23. The van der Waals surface area contributed by atoms with Crippen LogP contribution in [0.2, 0.25) is 0 Å². The van der Waals surface area contributed by atoms with Gasteiger partial charge in [-0.25, -0.2) is 23.6 Å². The second-order valence-corrected chi connectivity index (χ2v) is 9.01. The van der Waals surface area contributed by atoms with E-state index in [2.05, 4.69) is 20.0 Å². The van der Waals surface area contributed by atoms with E-state index in [9.17, 15) is 13.3 Å². The molecule has 0 aliphatic rings. The molecule has 13 heteroatoms. The van der Waals surface area contributed by atoms with Gasteiger partial charge in [0.1, 0.15) is 0 Å². The lowest BCUT2D eigenvalue weighted by atomic mass is 10.2. The Kier molecular flexibility index (Phi) is 6.74. The Labute approximate surface area is 206 Å². The third-order valence-electron chi connectivity index (χ3n) is 5.08. The van der Waals surface area contributed by atoms with Crippen molar-refractivity contribution >= 4 is 44.1 Å². The number of methoxy groups -OCH3 is 3. The number of aromatic nitrogens is 2. The Bertz CT molecular complexity index is 1540. The number of hydrogen-bond acceptors (Lipinski definition) is 9. The Morgan fingerprint density at radius 3 is 2.00 bits per heavy atom. The summed E-state index contributed by atoms with van der Waals surface area (Å²) < 4.78 is 44.8. The van der Waals surface area contributed by atoms with Crippen molar-refractivity contribution in [1.29, 1.82) is 0 Å². The largest absolute Gasteiger partial charge is 0.493 e. The smallest absolute Gasteiger partial charge is 0.317 e. The van der Waals surface area contributed by atoms with Crippen LogP contribution in [-0.2, 0) is 10.0 Å². The van der Waals surface area contributed by atoms with Gasteiger partial charge in [-0.2, -0.15) is 0 Å². The normalized spacial score (nSPS) is 11.1. The van der Waals surface area contributed by atoms with E-state index >= 15 is 0 Å². The Balaban J connectivity index is 1.80. The number of nitrogens with zero attached hydrogens (tertiary/aromatic N) is 3. The standard InChI is InChI=1S/C23H22N5O7S/c1-33-19-11-14(12-20(34-2)21(19)35-3)24-22-23(26-18-10-5-4-9-17(18)25-22)27-36(31,32)16-8-6-7-15(13-16)28(29)30/h4-13H,1-3H3,(H,24,25)(H,26,27)(H,29,30)/q+1. The maximum atomic E-state index is 13.1. The van der Waals surface area contributed by atoms with Gasteiger partial charge in [-0.3, -0.25) is 4.72 Å². The lowest BCUT2D eigenvalue weighted by Crippen LogP contribution is -2.16. The van der Waals surface area contributed by atoms with Crippen molar-refractivity contribution in [3.63, 3.8) is 0 Å². The highest BCUT2D eigenvalue weighted by atomic mass is 32.2. The van der Waals surface area contributed by atoms with Gasteiger partial charge < -0.3 is 19.5 Å². The minimum atomic E-state index is -4.23. The van der Waals surface area contributed by atoms with Crippen molar-refractivity contribution in [3.05, 3.63) is 65.6 Å². The van der Waals surface area contributed by atoms with Crippen LogP contribution >= 0.6 is 0 Å². The predicted octanol–water partition coefficient (Wildman–Crippen LogP) is 4.00. The van der Waals surface area contributed by atoms with Crippen molar-refractivity contribution in [2.75, 3.05) is 31.4 Å². The fourth-order valence-corrected chi connectivity index (χ4v) is 4.45. The first-order valence-corrected chi connectivity index (χ1v) is 11.9. The van der Waals surface area contributed by atoms with E-state index in [0.717, 1.165) is 6.07 Å². The molecule has 0 radical (unpaired) electrons. The molecule has 0 aliphatic carbocycles. The monoisotopic (exact) mass is 512 g/mol. The molecule has 12 nitrogen and oxygen atoms in total. The van der Waals surface area contributed by atoms with Gasteiger partial charge in [0.15, 0.2) is 23.1 Å². The topological polar surface area (TPSA) is 152 Å². The molecular formula is C23H22N5O7S+. The summed E-state index contributed by atoms with van der Waals surface area (Å²) in [5.41, 5.74) is 1.16. The molecule has 0 atom stereocenters. The molecule has 186 valence electrons. The van der Waals surface area contributed by atoms with E-state index in [-0.39, 0.29) is 22.2 Å². The fourth-order valence-electron chi connectivity index (χ4n) is 3.40. The number of fused-ring (bicyclic) bond motifs is 1. The summed E-state index contributed by atoms with van der Waals surface area (Å²) in [4.78, 5) is 19.5. The minimum Gasteiger partial charge on any atom is -0.493 e. The quantitative estimate of drug-likeness (QED) is 0.281. The van der Waals surface area contributed by atoms with E-state index in [0.29, 0.717) is 34.0 Å². The second-order valence-electron chi connectivity index (χ2n) is 7.32. The fraction of sp³-hybridized carbons (Fsp3) is 0.130. The molecule has 3 aromatic carbocycles. The van der Waals surface area contributed by atoms with E-state index in [1.807, 2.05) is 0 Å². The third kappa shape index (κ3) is 4.90. The van der Waals surface area contributed by atoms with Crippen LogP contribution in [0.15, 0.2) is 65.6 Å². The van der Waals surface area contributed by atoms with Crippen molar-refractivity contribution in [3.8, 4) is 17.2 Å². The van der Waals surface area contributed by atoms with Crippen LogP contribution in [-0.4, -0.2) is 49.8 Å². The first-order valence-electron chi connectivity index (χ1n) is 10.4. The van der Waals surface area contributed by atoms with Crippen LogP contribution < -0.4 is 24.2 Å². The van der Waals surface area contributed by atoms with Crippen LogP contribution in [0.1, 0.15) is 0 Å². The lowest BCUT2D eigenvalue weighted by Gasteiger charge is -2.17. The van der Waals surface area contributed by atoms with Crippen LogP contribution in [0.25, 0.3) is 11.0 Å². The van der Waals surface area contributed by atoms with E-state index < -0.39 is 14.9 Å². The summed E-state index contributed by atoms with van der Waals surface area (Å²) in [6.07, 6.45) is 0. The SMILES string of the molecule is COc1cc(Nc2nc3ccccc3nc2NS(=O)(=O)c2cccc([N+](=O)O)c2)cc(OC)c1OC. The first kappa shape index (κ1) is 24.5. The van der Waals surface area contributed by atoms with E-state index in [1.54, 1.807) is 36.4 Å².